The Balaban J connectivity index is 1.87. The number of carboxylic acid groups (broad SMARTS) is 1. The lowest BCUT2D eigenvalue weighted by Gasteiger charge is -2.28. The maximum atomic E-state index is 10.8. The standard InChI is InChI=1S/C14H16ClNO2/c15-13-5-3-11(4-6-13)1-2-12-7-9-16(10-8-12)14(17)18/h1-6,12H,7-10H2,(H,17,18)/b2-1+. The fourth-order valence-corrected chi connectivity index (χ4v) is 2.23. The zero-order valence-electron chi connectivity index (χ0n) is 10.1. The summed E-state index contributed by atoms with van der Waals surface area (Å²) in [6, 6.07) is 7.69. The van der Waals surface area contributed by atoms with E-state index in [0.717, 1.165) is 23.4 Å². The van der Waals surface area contributed by atoms with Gasteiger partial charge in [-0.05, 0) is 36.5 Å². The van der Waals surface area contributed by atoms with Gasteiger partial charge in [0.1, 0.15) is 0 Å². The number of carbonyl (C=O) groups is 1. The molecule has 1 saturated heterocycles. The minimum Gasteiger partial charge on any atom is -0.465 e. The van der Waals surface area contributed by atoms with Crippen molar-refractivity contribution in [3.8, 4) is 0 Å². The van der Waals surface area contributed by atoms with Crippen molar-refractivity contribution in [2.45, 2.75) is 12.8 Å². The quantitative estimate of drug-likeness (QED) is 0.885. The Morgan fingerprint density at radius 1 is 1.28 bits per heavy atom. The van der Waals surface area contributed by atoms with Crippen LogP contribution >= 0.6 is 11.6 Å². The van der Waals surface area contributed by atoms with E-state index < -0.39 is 6.09 Å². The summed E-state index contributed by atoms with van der Waals surface area (Å²) >= 11 is 5.82. The molecule has 4 heteroatoms. The number of rotatable bonds is 2. The number of nitrogens with zero attached hydrogens (tertiary/aromatic N) is 1. The summed E-state index contributed by atoms with van der Waals surface area (Å²) in [5, 5.41) is 9.59. The van der Waals surface area contributed by atoms with E-state index in [1.165, 1.54) is 4.90 Å². The SMILES string of the molecule is O=C(O)N1CCC(/C=C/c2ccc(Cl)cc2)CC1. The molecular weight excluding hydrogens is 250 g/mol. The zero-order valence-corrected chi connectivity index (χ0v) is 10.8. The first-order chi connectivity index (χ1) is 8.65. The van der Waals surface area contributed by atoms with Crippen molar-refractivity contribution in [3.63, 3.8) is 0 Å². The second kappa shape index (κ2) is 5.91. The summed E-state index contributed by atoms with van der Waals surface area (Å²) in [7, 11) is 0. The normalized spacial score (nSPS) is 17.3. The molecule has 1 fully saturated rings. The second-order valence-corrected chi connectivity index (χ2v) is 4.95. The molecule has 1 aliphatic heterocycles. The van der Waals surface area contributed by atoms with Gasteiger partial charge in [0, 0.05) is 18.1 Å². The number of piperidine rings is 1. The summed E-state index contributed by atoms with van der Waals surface area (Å²) in [6.07, 6.45) is 5.24. The van der Waals surface area contributed by atoms with E-state index in [9.17, 15) is 4.79 Å². The lowest BCUT2D eigenvalue weighted by Crippen LogP contribution is -2.36. The van der Waals surface area contributed by atoms with E-state index in [1.807, 2.05) is 24.3 Å². The summed E-state index contributed by atoms with van der Waals surface area (Å²) in [4.78, 5) is 12.2. The highest BCUT2D eigenvalue weighted by molar-refractivity contribution is 6.30. The fraction of sp³-hybridized carbons (Fsp3) is 0.357. The van der Waals surface area contributed by atoms with Crippen LogP contribution in [0.3, 0.4) is 0 Å². The minimum atomic E-state index is -0.810. The highest BCUT2D eigenvalue weighted by Crippen LogP contribution is 2.20. The summed E-state index contributed by atoms with van der Waals surface area (Å²) < 4.78 is 0. The molecule has 0 radical (unpaired) electrons. The van der Waals surface area contributed by atoms with Crippen LogP contribution in [0.25, 0.3) is 6.08 Å². The minimum absolute atomic E-state index is 0.469. The van der Waals surface area contributed by atoms with Crippen molar-refractivity contribution in [3.05, 3.63) is 40.9 Å². The van der Waals surface area contributed by atoms with Crippen LogP contribution in [0.4, 0.5) is 4.79 Å². The first kappa shape index (κ1) is 13.0. The van der Waals surface area contributed by atoms with Gasteiger partial charge in [0.05, 0.1) is 0 Å². The van der Waals surface area contributed by atoms with Gasteiger partial charge >= 0.3 is 6.09 Å². The number of hydrogen-bond donors (Lipinski definition) is 1. The Morgan fingerprint density at radius 2 is 1.89 bits per heavy atom. The van der Waals surface area contributed by atoms with Crippen LogP contribution in [0.5, 0.6) is 0 Å². The van der Waals surface area contributed by atoms with Crippen LogP contribution in [0.2, 0.25) is 5.02 Å². The van der Waals surface area contributed by atoms with E-state index >= 15 is 0 Å². The van der Waals surface area contributed by atoms with Gasteiger partial charge in [-0.15, -0.1) is 0 Å². The number of amides is 1. The molecule has 3 nitrogen and oxygen atoms in total. The smallest absolute Gasteiger partial charge is 0.407 e. The molecule has 0 bridgehead atoms. The van der Waals surface area contributed by atoms with E-state index in [2.05, 4.69) is 12.2 Å². The van der Waals surface area contributed by atoms with Gasteiger partial charge in [0.15, 0.2) is 0 Å². The van der Waals surface area contributed by atoms with Crippen LogP contribution in [0.1, 0.15) is 18.4 Å². The first-order valence-electron chi connectivity index (χ1n) is 6.07. The van der Waals surface area contributed by atoms with Gasteiger partial charge in [-0.3, -0.25) is 0 Å². The molecule has 1 amide bonds. The third-order valence-electron chi connectivity index (χ3n) is 3.24. The van der Waals surface area contributed by atoms with Gasteiger partial charge in [0.25, 0.3) is 0 Å². The third kappa shape index (κ3) is 3.50. The maximum Gasteiger partial charge on any atom is 0.407 e. The molecule has 18 heavy (non-hydrogen) atoms. The fourth-order valence-electron chi connectivity index (χ4n) is 2.10. The van der Waals surface area contributed by atoms with E-state index in [1.54, 1.807) is 0 Å². The van der Waals surface area contributed by atoms with Crippen molar-refractivity contribution in [1.82, 2.24) is 4.90 Å². The molecule has 0 aliphatic carbocycles. The lowest BCUT2D eigenvalue weighted by atomic mass is 9.96. The number of hydrogen-bond acceptors (Lipinski definition) is 1. The molecule has 1 N–H and O–H groups in total. The Kier molecular flexibility index (Phi) is 4.26. The van der Waals surface area contributed by atoms with E-state index in [-0.39, 0.29) is 0 Å². The van der Waals surface area contributed by atoms with Gasteiger partial charge in [-0.1, -0.05) is 35.9 Å². The van der Waals surface area contributed by atoms with E-state index in [4.69, 9.17) is 16.7 Å². The van der Waals surface area contributed by atoms with Crippen molar-refractivity contribution < 1.29 is 9.90 Å². The Labute approximate surface area is 112 Å². The number of benzene rings is 1. The van der Waals surface area contributed by atoms with Crippen LogP contribution < -0.4 is 0 Å². The Morgan fingerprint density at radius 3 is 2.44 bits per heavy atom. The van der Waals surface area contributed by atoms with Crippen molar-refractivity contribution >= 4 is 23.8 Å². The van der Waals surface area contributed by atoms with Crippen molar-refractivity contribution in [2.75, 3.05) is 13.1 Å². The molecule has 1 aromatic carbocycles. The average Bonchev–Trinajstić information content (AvgIpc) is 2.38. The molecular formula is C14H16ClNO2. The monoisotopic (exact) mass is 265 g/mol. The molecule has 1 aliphatic rings. The highest BCUT2D eigenvalue weighted by Gasteiger charge is 2.20. The zero-order chi connectivity index (χ0) is 13.0. The van der Waals surface area contributed by atoms with Crippen molar-refractivity contribution in [1.29, 1.82) is 0 Å². The largest absolute Gasteiger partial charge is 0.465 e. The molecule has 96 valence electrons. The number of allylic oxidation sites excluding steroid dienone is 1. The predicted octanol–water partition coefficient (Wildman–Crippen LogP) is 3.74. The molecule has 1 heterocycles. The average molecular weight is 266 g/mol. The van der Waals surface area contributed by atoms with Crippen LogP contribution in [0, 0.1) is 5.92 Å². The maximum absolute atomic E-state index is 10.8. The molecule has 0 saturated carbocycles. The topological polar surface area (TPSA) is 40.5 Å². The molecule has 0 spiro atoms. The summed E-state index contributed by atoms with van der Waals surface area (Å²) in [6.45, 7) is 1.26. The molecule has 0 unspecified atom stereocenters. The predicted molar refractivity (Wildman–Crippen MR) is 72.8 cm³/mol. The first-order valence-corrected chi connectivity index (χ1v) is 6.44. The lowest BCUT2D eigenvalue weighted by molar-refractivity contribution is 0.129. The Bertz CT molecular complexity index is 434. The summed E-state index contributed by atoms with van der Waals surface area (Å²) in [5.74, 6) is 0.469. The molecule has 2 rings (SSSR count). The molecule has 0 atom stereocenters. The second-order valence-electron chi connectivity index (χ2n) is 4.52. The number of halogens is 1. The van der Waals surface area contributed by atoms with E-state index in [0.29, 0.717) is 19.0 Å². The van der Waals surface area contributed by atoms with Gasteiger partial charge in [-0.2, -0.15) is 0 Å². The summed E-state index contributed by atoms with van der Waals surface area (Å²) in [5.41, 5.74) is 1.13. The van der Waals surface area contributed by atoms with Crippen molar-refractivity contribution in [2.24, 2.45) is 5.92 Å². The molecule has 0 aromatic heterocycles. The van der Waals surface area contributed by atoms with Gasteiger partial charge < -0.3 is 10.0 Å². The van der Waals surface area contributed by atoms with Crippen LogP contribution in [0.15, 0.2) is 30.3 Å². The Hall–Kier alpha value is -1.48. The third-order valence-corrected chi connectivity index (χ3v) is 3.49. The van der Waals surface area contributed by atoms with Crippen LogP contribution in [-0.4, -0.2) is 29.2 Å². The van der Waals surface area contributed by atoms with Gasteiger partial charge in [-0.25, -0.2) is 4.79 Å². The molecule has 1 aromatic rings. The highest BCUT2D eigenvalue weighted by atomic mass is 35.5. The van der Waals surface area contributed by atoms with Crippen LogP contribution in [-0.2, 0) is 0 Å². The van der Waals surface area contributed by atoms with Gasteiger partial charge in [0.2, 0.25) is 0 Å². The number of likely N-dealkylation sites (tertiary alicyclic amines) is 1.